The normalized spacial score (nSPS) is 16.3. The first kappa shape index (κ1) is 13.2. The molecule has 1 saturated heterocycles. The Bertz CT molecular complexity index is 525. The SMILES string of the molecule is N#Cc1c(N2CCC(O)CC2)nn(CC(=O)O)c1N. The highest BCUT2D eigenvalue weighted by molar-refractivity contribution is 5.70. The summed E-state index contributed by atoms with van der Waals surface area (Å²) in [6.07, 6.45) is 0.855. The maximum Gasteiger partial charge on any atom is 0.325 e. The molecule has 4 N–H and O–H groups in total. The van der Waals surface area contributed by atoms with Crippen molar-refractivity contribution in [3.8, 4) is 6.07 Å². The van der Waals surface area contributed by atoms with Gasteiger partial charge in [0, 0.05) is 13.1 Å². The summed E-state index contributed by atoms with van der Waals surface area (Å²) in [7, 11) is 0. The van der Waals surface area contributed by atoms with Gasteiger partial charge in [0.25, 0.3) is 0 Å². The third-order valence-corrected chi connectivity index (χ3v) is 3.13. The van der Waals surface area contributed by atoms with Crippen molar-refractivity contribution in [3.05, 3.63) is 5.56 Å². The van der Waals surface area contributed by atoms with E-state index in [1.807, 2.05) is 11.0 Å². The lowest BCUT2D eigenvalue weighted by molar-refractivity contribution is -0.137. The Balaban J connectivity index is 2.30. The van der Waals surface area contributed by atoms with E-state index in [4.69, 9.17) is 16.1 Å². The summed E-state index contributed by atoms with van der Waals surface area (Å²) in [6.45, 7) is 0.760. The van der Waals surface area contributed by atoms with E-state index in [1.54, 1.807) is 0 Å². The maximum atomic E-state index is 10.7. The second-order valence-corrected chi connectivity index (χ2v) is 4.47. The van der Waals surface area contributed by atoms with Gasteiger partial charge in [-0.25, -0.2) is 4.68 Å². The van der Waals surface area contributed by atoms with Crippen molar-refractivity contribution in [2.45, 2.75) is 25.5 Å². The summed E-state index contributed by atoms with van der Waals surface area (Å²) in [6, 6.07) is 1.96. The number of rotatable bonds is 3. The fourth-order valence-electron chi connectivity index (χ4n) is 2.12. The first-order valence-electron chi connectivity index (χ1n) is 5.94. The molecule has 0 amide bonds. The van der Waals surface area contributed by atoms with Crippen LogP contribution in [0.25, 0.3) is 0 Å². The summed E-state index contributed by atoms with van der Waals surface area (Å²) in [5, 5.41) is 31.4. The van der Waals surface area contributed by atoms with Gasteiger partial charge in [0.05, 0.1) is 6.10 Å². The first-order valence-corrected chi connectivity index (χ1v) is 5.94. The monoisotopic (exact) mass is 265 g/mol. The average Bonchev–Trinajstić information content (AvgIpc) is 2.66. The van der Waals surface area contributed by atoms with Crippen LogP contribution in [0.2, 0.25) is 0 Å². The second kappa shape index (κ2) is 5.16. The van der Waals surface area contributed by atoms with Crippen LogP contribution in [0.3, 0.4) is 0 Å². The largest absolute Gasteiger partial charge is 0.480 e. The van der Waals surface area contributed by atoms with Gasteiger partial charge in [-0.15, -0.1) is 0 Å². The molecular formula is C11H15N5O3. The van der Waals surface area contributed by atoms with Crippen LogP contribution in [0.4, 0.5) is 11.6 Å². The molecule has 1 aromatic rings. The molecule has 19 heavy (non-hydrogen) atoms. The number of nitrogen functional groups attached to an aromatic ring is 1. The maximum absolute atomic E-state index is 10.7. The van der Waals surface area contributed by atoms with Crippen molar-refractivity contribution < 1.29 is 15.0 Å². The van der Waals surface area contributed by atoms with E-state index in [0.29, 0.717) is 31.7 Å². The third kappa shape index (κ3) is 2.61. The van der Waals surface area contributed by atoms with Crippen molar-refractivity contribution in [2.75, 3.05) is 23.7 Å². The number of carboxylic acid groups (broad SMARTS) is 1. The van der Waals surface area contributed by atoms with E-state index in [0.717, 1.165) is 4.68 Å². The number of piperidine rings is 1. The Morgan fingerprint density at radius 3 is 2.68 bits per heavy atom. The van der Waals surface area contributed by atoms with Crippen molar-refractivity contribution in [1.29, 1.82) is 5.26 Å². The molecule has 1 fully saturated rings. The Morgan fingerprint density at radius 2 is 2.16 bits per heavy atom. The number of hydrogen-bond acceptors (Lipinski definition) is 6. The van der Waals surface area contributed by atoms with Crippen LogP contribution in [-0.2, 0) is 11.3 Å². The fraction of sp³-hybridized carbons (Fsp3) is 0.545. The first-order chi connectivity index (χ1) is 9.02. The van der Waals surface area contributed by atoms with Gasteiger partial charge in [-0.3, -0.25) is 4.79 Å². The molecule has 1 aliphatic heterocycles. The topological polar surface area (TPSA) is 128 Å². The van der Waals surface area contributed by atoms with Crippen LogP contribution in [-0.4, -0.2) is 45.2 Å². The molecule has 2 rings (SSSR count). The number of hydrogen-bond donors (Lipinski definition) is 3. The van der Waals surface area contributed by atoms with Crippen LogP contribution in [0.15, 0.2) is 0 Å². The highest BCUT2D eigenvalue weighted by Gasteiger charge is 2.25. The summed E-state index contributed by atoms with van der Waals surface area (Å²) in [4.78, 5) is 12.6. The molecule has 1 aromatic heterocycles. The molecule has 102 valence electrons. The molecule has 2 heterocycles. The minimum absolute atomic E-state index is 0.0611. The standard InChI is InChI=1S/C11H15N5O3/c12-5-8-10(13)16(6-9(18)19)14-11(8)15-3-1-7(17)2-4-15/h7,17H,1-4,6,13H2,(H,18,19). The Morgan fingerprint density at radius 1 is 1.53 bits per heavy atom. The zero-order valence-electron chi connectivity index (χ0n) is 10.3. The van der Waals surface area contributed by atoms with E-state index in [-0.39, 0.29) is 24.0 Å². The number of carbonyl (C=O) groups is 1. The lowest BCUT2D eigenvalue weighted by Crippen LogP contribution is -2.36. The summed E-state index contributed by atoms with van der Waals surface area (Å²) in [5.74, 6) is -0.613. The van der Waals surface area contributed by atoms with Crippen molar-refractivity contribution in [3.63, 3.8) is 0 Å². The molecule has 0 atom stereocenters. The smallest absolute Gasteiger partial charge is 0.325 e. The molecule has 0 aliphatic carbocycles. The van der Waals surface area contributed by atoms with E-state index >= 15 is 0 Å². The van der Waals surface area contributed by atoms with Gasteiger partial charge in [-0.2, -0.15) is 10.4 Å². The highest BCUT2D eigenvalue weighted by Crippen LogP contribution is 2.26. The Kier molecular flexibility index (Phi) is 3.57. The predicted molar refractivity (Wildman–Crippen MR) is 66.4 cm³/mol. The fourth-order valence-corrected chi connectivity index (χ4v) is 2.12. The summed E-state index contributed by atoms with van der Waals surface area (Å²) in [5.41, 5.74) is 5.93. The van der Waals surface area contributed by atoms with Crippen LogP contribution < -0.4 is 10.6 Å². The van der Waals surface area contributed by atoms with Crippen molar-refractivity contribution >= 4 is 17.6 Å². The van der Waals surface area contributed by atoms with Crippen LogP contribution >= 0.6 is 0 Å². The Hall–Kier alpha value is -2.27. The third-order valence-electron chi connectivity index (χ3n) is 3.13. The number of carboxylic acids is 1. The number of aliphatic hydroxyl groups is 1. The molecule has 0 bridgehead atoms. The second-order valence-electron chi connectivity index (χ2n) is 4.47. The average molecular weight is 265 g/mol. The number of aliphatic carboxylic acids is 1. The minimum atomic E-state index is -1.07. The van der Waals surface area contributed by atoms with E-state index in [9.17, 15) is 9.90 Å². The number of nitrogens with zero attached hydrogens (tertiary/aromatic N) is 4. The quantitative estimate of drug-likeness (QED) is 0.664. The minimum Gasteiger partial charge on any atom is -0.480 e. The Labute approximate surface area is 109 Å². The van der Waals surface area contributed by atoms with E-state index in [1.165, 1.54) is 0 Å². The van der Waals surface area contributed by atoms with E-state index < -0.39 is 5.97 Å². The predicted octanol–water partition coefficient (Wildman–Crippen LogP) is -0.617. The van der Waals surface area contributed by atoms with Gasteiger partial charge in [0.1, 0.15) is 24.0 Å². The number of anilines is 2. The van der Waals surface area contributed by atoms with Crippen molar-refractivity contribution in [1.82, 2.24) is 9.78 Å². The molecule has 8 heteroatoms. The van der Waals surface area contributed by atoms with Gasteiger partial charge < -0.3 is 20.8 Å². The molecule has 1 aliphatic rings. The molecule has 0 saturated carbocycles. The van der Waals surface area contributed by atoms with Gasteiger partial charge in [0.15, 0.2) is 5.82 Å². The summed E-state index contributed by atoms with van der Waals surface area (Å²) >= 11 is 0. The summed E-state index contributed by atoms with van der Waals surface area (Å²) < 4.78 is 1.11. The molecule has 0 radical (unpaired) electrons. The number of nitrogens with two attached hydrogens (primary N) is 1. The highest BCUT2D eigenvalue weighted by atomic mass is 16.4. The van der Waals surface area contributed by atoms with Gasteiger partial charge in [-0.1, -0.05) is 0 Å². The number of aliphatic hydroxyl groups excluding tert-OH is 1. The molecule has 8 nitrogen and oxygen atoms in total. The zero-order chi connectivity index (χ0) is 14.0. The van der Waals surface area contributed by atoms with Crippen LogP contribution in [0.1, 0.15) is 18.4 Å². The van der Waals surface area contributed by atoms with Crippen LogP contribution in [0, 0.1) is 11.3 Å². The van der Waals surface area contributed by atoms with Crippen molar-refractivity contribution in [2.24, 2.45) is 0 Å². The lowest BCUT2D eigenvalue weighted by Gasteiger charge is -2.29. The van der Waals surface area contributed by atoms with Crippen LogP contribution in [0.5, 0.6) is 0 Å². The number of aromatic nitrogens is 2. The number of nitriles is 1. The molecular weight excluding hydrogens is 250 g/mol. The zero-order valence-corrected chi connectivity index (χ0v) is 10.3. The van der Waals surface area contributed by atoms with Gasteiger partial charge >= 0.3 is 5.97 Å². The molecule has 0 unspecified atom stereocenters. The molecule has 0 aromatic carbocycles. The van der Waals surface area contributed by atoms with E-state index in [2.05, 4.69) is 5.10 Å². The van der Waals surface area contributed by atoms with Gasteiger partial charge in [-0.05, 0) is 12.8 Å². The molecule has 0 spiro atoms. The van der Waals surface area contributed by atoms with Gasteiger partial charge in [0.2, 0.25) is 0 Å². The lowest BCUT2D eigenvalue weighted by atomic mass is 10.1.